The summed E-state index contributed by atoms with van der Waals surface area (Å²) < 4.78 is 0. The number of benzene rings is 1. The number of aliphatic hydroxyl groups is 1. The molecule has 0 bridgehead atoms. The number of aryl methyl sites for hydroxylation is 2. The number of piperazine rings is 1. The van der Waals surface area contributed by atoms with Crippen LogP contribution in [0.2, 0.25) is 0 Å². The summed E-state index contributed by atoms with van der Waals surface area (Å²) in [5.74, 6) is 0.308. The smallest absolute Gasteiger partial charge is 0.254 e. The maximum atomic E-state index is 12.9. The molecule has 2 N–H and O–H groups in total. The number of nitrogens with one attached hydrogen (secondary N) is 1. The lowest BCUT2D eigenvalue weighted by molar-refractivity contribution is -0.128. The normalized spacial score (nSPS) is 16.8. The van der Waals surface area contributed by atoms with Crippen molar-refractivity contribution in [2.75, 3.05) is 19.7 Å². The molecule has 2 aromatic rings. The molecular formula is C21H26N4O3. The predicted molar refractivity (Wildman–Crippen MR) is 106 cm³/mol. The molecule has 28 heavy (non-hydrogen) atoms. The first-order valence-corrected chi connectivity index (χ1v) is 9.68. The number of aromatic nitrogens is 2. The summed E-state index contributed by atoms with van der Waals surface area (Å²) >= 11 is 0. The Morgan fingerprint density at radius 2 is 2.04 bits per heavy atom. The van der Waals surface area contributed by atoms with Crippen LogP contribution in [-0.2, 0) is 11.2 Å². The Hall–Kier alpha value is -2.80. The van der Waals surface area contributed by atoms with E-state index < -0.39 is 6.04 Å². The van der Waals surface area contributed by atoms with Gasteiger partial charge in [-0.3, -0.25) is 9.59 Å². The van der Waals surface area contributed by atoms with Gasteiger partial charge in [0.1, 0.15) is 11.9 Å². The van der Waals surface area contributed by atoms with E-state index in [0.29, 0.717) is 18.7 Å². The second kappa shape index (κ2) is 8.93. The summed E-state index contributed by atoms with van der Waals surface area (Å²) in [6.45, 7) is 4.70. The maximum Gasteiger partial charge on any atom is 0.254 e. The largest absolute Gasteiger partial charge is 0.396 e. The molecule has 1 atom stereocenters. The summed E-state index contributed by atoms with van der Waals surface area (Å²) in [5, 5.41) is 12.0. The monoisotopic (exact) mass is 382 g/mol. The van der Waals surface area contributed by atoms with Gasteiger partial charge in [0.15, 0.2) is 0 Å². The molecule has 1 aliphatic heterocycles. The van der Waals surface area contributed by atoms with Gasteiger partial charge >= 0.3 is 0 Å². The van der Waals surface area contributed by atoms with E-state index in [1.54, 1.807) is 12.1 Å². The van der Waals surface area contributed by atoms with Crippen LogP contribution in [-0.4, -0.2) is 57.5 Å². The lowest BCUT2D eigenvalue weighted by Gasteiger charge is -2.34. The molecule has 3 rings (SSSR count). The van der Waals surface area contributed by atoms with Gasteiger partial charge in [0, 0.05) is 36.5 Å². The number of hydrogen-bond donors (Lipinski definition) is 2. The van der Waals surface area contributed by atoms with Crippen LogP contribution in [0, 0.1) is 6.92 Å². The molecule has 0 radical (unpaired) electrons. The minimum Gasteiger partial charge on any atom is -0.396 e. The Morgan fingerprint density at radius 3 is 2.71 bits per heavy atom. The Bertz CT molecular complexity index is 851. The van der Waals surface area contributed by atoms with Crippen molar-refractivity contribution in [3.8, 4) is 11.3 Å². The lowest BCUT2D eigenvalue weighted by Crippen LogP contribution is -2.57. The maximum absolute atomic E-state index is 12.9. The molecule has 1 fully saturated rings. The average Bonchev–Trinajstić information content (AvgIpc) is 2.69. The Balaban J connectivity index is 1.82. The highest BCUT2D eigenvalue weighted by molar-refractivity contribution is 5.98. The molecule has 148 valence electrons. The van der Waals surface area contributed by atoms with Gasteiger partial charge in [-0.1, -0.05) is 25.5 Å². The molecule has 1 aliphatic rings. The quantitative estimate of drug-likeness (QED) is 0.793. The van der Waals surface area contributed by atoms with Crippen LogP contribution in [0.3, 0.4) is 0 Å². The van der Waals surface area contributed by atoms with E-state index in [1.807, 2.05) is 25.1 Å². The molecule has 0 spiro atoms. The van der Waals surface area contributed by atoms with E-state index in [2.05, 4.69) is 22.2 Å². The van der Waals surface area contributed by atoms with E-state index >= 15 is 0 Å². The highest BCUT2D eigenvalue weighted by Gasteiger charge is 2.32. The van der Waals surface area contributed by atoms with E-state index in [-0.39, 0.29) is 24.8 Å². The molecule has 1 saturated heterocycles. The molecule has 1 unspecified atom stereocenters. The number of hydrogen-bond acceptors (Lipinski definition) is 5. The first-order chi connectivity index (χ1) is 13.5. The topological polar surface area (TPSA) is 95.4 Å². The average molecular weight is 382 g/mol. The van der Waals surface area contributed by atoms with Gasteiger partial charge < -0.3 is 15.3 Å². The SMILES string of the molecule is CCCc1cc(-c2ccc(C(=O)N3CCNC(=O)C3CCO)cc2)nc(C)n1. The first kappa shape index (κ1) is 19.9. The lowest BCUT2D eigenvalue weighted by atomic mass is 10.0. The van der Waals surface area contributed by atoms with Crippen LogP contribution < -0.4 is 5.32 Å². The van der Waals surface area contributed by atoms with Crippen molar-refractivity contribution in [1.82, 2.24) is 20.2 Å². The van der Waals surface area contributed by atoms with Gasteiger partial charge in [0.25, 0.3) is 5.91 Å². The van der Waals surface area contributed by atoms with Gasteiger partial charge in [-0.05, 0) is 38.0 Å². The Labute approximate surface area is 164 Å². The van der Waals surface area contributed by atoms with Crippen LogP contribution in [0.4, 0.5) is 0 Å². The summed E-state index contributed by atoms with van der Waals surface area (Å²) in [7, 11) is 0. The molecule has 2 amide bonds. The highest BCUT2D eigenvalue weighted by atomic mass is 16.3. The van der Waals surface area contributed by atoms with Crippen molar-refractivity contribution in [3.63, 3.8) is 0 Å². The van der Waals surface area contributed by atoms with Crippen molar-refractivity contribution < 1.29 is 14.7 Å². The molecule has 7 nitrogen and oxygen atoms in total. The third-order valence-electron chi connectivity index (χ3n) is 4.82. The third-order valence-corrected chi connectivity index (χ3v) is 4.82. The van der Waals surface area contributed by atoms with Crippen molar-refractivity contribution in [1.29, 1.82) is 0 Å². The van der Waals surface area contributed by atoms with Crippen LogP contribution in [0.15, 0.2) is 30.3 Å². The number of carbonyl (C=O) groups excluding carboxylic acids is 2. The highest BCUT2D eigenvalue weighted by Crippen LogP contribution is 2.21. The molecule has 7 heteroatoms. The molecular weight excluding hydrogens is 356 g/mol. The van der Waals surface area contributed by atoms with Gasteiger partial charge in [-0.2, -0.15) is 0 Å². The standard InChI is InChI=1S/C21H26N4O3/c1-3-4-17-13-18(24-14(2)23-17)15-5-7-16(8-6-15)21(28)25-11-10-22-20(27)19(25)9-12-26/h5-8,13,19,26H,3-4,9-12H2,1-2H3,(H,22,27). The van der Waals surface area contributed by atoms with Gasteiger partial charge in [0.05, 0.1) is 5.69 Å². The minimum absolute atomic E-state index is 0.145. The molecule has 1 aromatic heterocycles. The zero-order chi connectivity index (χ0) is 20.1. The third kappa shape index (κ3) is 4.36. The molecule has 1 aromatic carbocycles. The Morgan fingerprint density at radius 1 is 1.29 bits per heavy atom. The van der Waals surface area contributed by atoms with Crippen LogP contribution >= 0.6 is 0 Å². The first-order valence-electron chi connectivity index (χ1n) is 9.68. The predicted octanol–water partition coefficient (Wildman–Crippen LogP) is 1.73. The van der Waals surface area contributed by atoms with Crippen molar-refractivity contribution in [2.24, 2.45) is 0 Å². The van der Waals surface area contributed by atoms with E-state index in [0.717, 1.165) is 35.6 Å². The summed E-state index contributed by atoms with van der Waals surface area (Å²) in [6, 6.07) is 8.62. The van der Waals surface area contributed by atoms with Crippen molar-refractivity contribution in [2.45, 2.75) is 39.2 Å². The number of rotatable bonds is 6. The second-order valence-corrected chi connectivity index (χ2v) is 6.94. The van der Waals surface area contributed by atoms with Crippen LogP contribution in [0.1, 0.15) is 41.6 Å². The number of aliphatic hydroxyl groups excluding tert-OH is 1. The fourth-order valence-electron chi connectivity index (χ4n) is 3.48. The van der Waals surface area contributed by atoms with Gasteiger partial charge in [-0.25, -0.2) is 9.97 Å². The van der Waals surface area contributed by atoms with E-state index in [9.17, 15) is 14.7 Å². The van der Waals surface area contributed by atoms with Gasteiger partial charge in [-0.15, -0.1) is 0 Å². The summed E-state index contributed by atoms with van der Waals surface area (Å²) in [5.41, 5.74) is 3.28. The van der Waals surface area contributed by atoms with Crippen molar-refractivity contribution in [3.05, 3.63) is 47.4 Å². The Kier molecular flexibility index (Phi) is 6.36. The summed E-state index contributed by atoms with van der Waals surface area (Å²) in [4.78, 5) is 35.5. The molecule has 0 saturated carbocycles. The van der Waals surface area contributed by atoms with Crippen LogP contribution in [0.25, 0.3) is 11.3 Å². The van der Waals surface area contributed by atoms with Crippen molar-refractivity contribution >= 4 is 11.8 Å². The van der Waals surface area contributed by atoms with E-state index in [1.165, 1.54) is 4.90 Å². The zero-order valence-electron chi connectivity index (χ0n) is 16.3. The number of carbonyl (C=O) groups is 2. The fraction of sp³-hybridized carbons (Fsp3) is 0.429. The zero-order valence-corrected chi connectivity index (χ0v) is 16.3. The second-order valence-electron chi connectivity index (χ2n) is 6.94. The van der Waals surface area contributed by atoms with Crippen LogP contribution in [0.5, 0.6) is 0 Å². The summed E-state index contributed by atoms with van der Waals surface area (Å²) in [6.07, 6.45) is 2.15. The number of amides is 2. The van der Waals surface area contributed by atoms with Gasteiger partial charge in [0.2, 0.25) is 5.91 Å². The van der Waals surface area contributed by atoms with E-state index in [4.69, 9.17) is 0 Å². The number of nitrogens with zero attached hydrogens (tertiary/aromatic N) is 3. The fourth-order valence-corrected chi connectivity index (χ4v) is 3.48. The molecule has 2 heterocycles. The minimum atomic E-state index is -0.632. The molecule has 0 aliphatic carbocycles.